The van der Waals surface area contributed by atoms with Gasteiger partial charge < -0.3 is 10.6 Å². The van der Waals surface area contributed by atoms with E-state index >= 15 is 0 Å². The molecule has 1 aliphatic carbocycles. The van der Waals surface area contributed by atoms with Gasteiger partial charge in [-0.1, -0.05) is 0 Å². The number of fused-ring (bicyclic) bond motifs is 1. The van der Waals surface area contributed by atoms with Gasteiger partial charge in [-0.15, -0.1) is 5.10 Å². The van der Waals surface area contributed by atoms with Crippen molar-refractivity contribution >= 4 is 11.6 Å². The van der Waals surface area contributed by atoms with Crippen LogP contribution in [-0.4, -0.2) is 33.7 Å². The number of hydrogen-bond donors (Lipinski definition) is 2. The van der Waals surface area contributed by atoms with Gasteiger partial charge in [0.1, 0.15) is 5.82 Å². The second kappa shape index (κ2) is 5.13. The summed E-state index contributed by atoms with van der Waals surface area (Å²) < 4.78 is 14.5. The molecule has 0 atom stereocenters. The van der Waals surface area contributed by atoms with Gasteiger partial charge in [-0.2, -0.15) is 4.98 Å². The van der Waals surface area contributed by atoms with Crippen LogP contribution < -0.4 is 10.6 Å². The Morgan fingerprint density at radius 3 is 2.68 bits per heavy atom. The lowest BCUT2D eigenvalue weighted by molar-refractivity contribution is 0.370. The maximum Gasteiger partial charge on any atom is 0.243 e. The molecule has 1 saturated carbocycles. The van der Waals surface area contributed by atoms with Gasteiger partial charge in [0.15, 0.2) is 5.65 Å². The molecule has 102 valence electrons. The van der Waals surface area contributed by atoms with Gasteiger partial charge in [0.25, 0.3) is 0 Å². The normalized spacial score (nSPS) is 23.7. The summed E-state index contributed by atoms with van der Waals surface area (Å²) in [6, 6.07) is 4.06. The van der Waals surface area contributed by atoms with Gasteiger partial charge >= 0.3 is 0 Å². The molecule has 2 heterocycles. The predicted molar refractivity (Wildman–Crippen MR) is 71.7 cm³/mol. The first kappa shape index (κ1) is 12.3. The highest BCUT2D eigenvalue weighted by atomic mass is 19.1. The summed E-state index contributed by atoms with van der Waals surface area (Å²) in [5.41, 5.74) is 0.660. The van der Waals surface area contributed by atoms with Crippen molar-refractivity contribution in [3.63, 3.8) is 0 Å². The van der Waals surface area contributed by atoms with Gasteiger partial charge in [-0.3, -0.25) is 0 Å². The summed E-state index contributed by atoms with van der Waals surface area (Å²) in [7, 11) is 2.01. The van der Waals surface area contributed by atoms with Crippen LogP contribution in [0.3, 0.4) is 0 Å². The lowest BCUT2D eigenvalue weighted by atomic mass is 9.91. The van der Waals surface area contributed by atoms with Gasteiger partial charge in [0.05, 0.1) is 6.20 Å². The van der Waals surface area contributed by atoms with Crippen molar-refractivity contribution in [2.24, 2.45) is 0 Å². The smallest absolute Gasteiger partial charge is 0.243 e. The molecule has 2 aromatic heterocycles. The Bertz CT molecular complexity index is 559. The van der Waals surface area contributed by atoms with E-state index in [4.69, 9.17) is 0 Å². The molecule has 19 heavy (non-hydrogen) atoms. The third kappa shape index (κ3) is 2.68. The second-order valence-electron chi connectivity index (χ2n) is 5.07. The minimum atomic E-state index is -0.307. The second-order valence-corrected chi connectivity index (χ2v) is 5.07. The fourth-order valence-corrected chi connectivity index (χ4v) is 2.63. The van der Waals surface area contributed by atoms with Crippen LogP contribution in [0.2, 0.25) is 0 Å². The molecule has 1 aliphatic rings. The van der Waals surface area contributed by atoms with E-state index in [2.05, 4.69) is 20.7 Å². The number of rotatable bonds is 3. The van der Waals surface area contributed by atoms with Crippen LogP contribution >= 0.6 is 0 Å². The Morgan fingerprint density at radius 1 is 1.21 bits per heavy atom. The van der Waals surface area contributed by atoms with Crippen molar-refractivity contribution in [1.29, 1.82) is 0 Å². The molecule has 0 unspecified atom stereocenters. The molecule has 0 amide bonds. The third-order valence-corrected chi connectivity index (χ3v) is 3.76. The van der Waals surface area contributed by atoms with Crippen LogP contribution in [0, 0.1) is 5.82 Å². The topological polar surface area (TPSA) is 54.2 Å². The molecule has 0 radical (unpaired) electrons. The van der Waals surface area contributed by atoms with E-state index < -0.39 is 0 Å². The van der Waals surface area contributed by atoms with Gasteiger partial charge in [0, 0.05) is 12.1 Å². The van der Waals surface area contributed by atoms with Crippen molar-refractivity contribution in [3.05, 3.63) is 24.1 Å². The average Bonchev–Trinajstić information content (AvgIpc) is 2.81. The van der Waals surface area contributed by atoms with E-state index in [1.807, 2.05) is 7.05 Å². The zero-order chi connectivity index (χ0) is 13.2. The van der Waals surface area contributed by atoms with Crippen LogP contribution in [0.1, 0.15) is 25.7 Å². The molecule has 2 N–H and O–H groups in total. The molecule has 0 saturated heterocycles. The number of nitrogens with one attached hydrogen (secondary N) is 2. The molecule has 0 aliphatic heterocycles. The van der Waals surface area contributed by atoms with E-state index in [1.165, 1.54) is 16.8 Å². The van der Waals surface area contributed by atoms with Crippen molar-refractivity contribution in [1.82, 2.24) is 19.9 Å². The summed E-state index contributed by atoms with van der Waals surface area (Å²) >= 11 is 0. The highest BCUT2D eigenvalue weighted by Crippen LogP contribution is 2.21. The van der Waals surface area contributed by atoms with Gasteiger partial charge in [-0.05, 0) is 44.9 Å². The first-order valence-electron chi connectivity index (χ1n) is 6.70. The first-order chi connectivity index (χ1) is 9.24. The Labute approximate surface area is 111 Å². The van der Waals surface area contributed by atoms with E-state index in [0.717, 1.165) is 25.7 Å². The Balaban J connectivity index is 1.68. The van der Waals surface area contributed by atoms with Gasteiger partial charge in [-0.25, -0.2) is 8.91 Å². The van der Waals surface area contributed by atoms with E-state index in [-0.39, 0.29) is 5.82 Å². The first-order valence-corrected chi connectivity index (χ1v) is 6.70. The van der Waals surface area contributed by atoms with Crippen molar-refractivity contribution in [3.8, 4) is 0 Å². The van der Waals surface area contributed by atoms with Crippen LogP contribution in [0.4, 0.5) is 10.3 Å². The SMILES string of the molecule is CNC1CCC(Nc2nc3ccc(F)cn3n2)CC1. The monoisotopic (exact) mass is 263 g/mol. The molecule has 0 aromatic carbocycles. The Morgan fingerprint density at radius 2 is 1.95 bits per heavy atom. The number of pyridine rings is 1. The summed E-state index contributed by atoms with van der Waals surface area (Å²) in [6.45, 7) is 0. The molecule has 1 fully saturated rings. The minimum Gasteiger partial charge on any atom is -0.350 e. The molecule has 0 bridgehead atoms. The van der Waals surface area contributed by atoms with Crippen molar-refractivity contribution < 1.29 is 4.39 Å². The van der Waals surface area contributed by atoms with Crippen LogP contribution in [0.25, 0.3) is 5.65 Å². The summed E-state index contributed by atoms with van der Waals surface area (Å²) in [5, 5.41) is 10.9. The summed E-state index contributed by atoms with van der Waals surface area (Å²) in [4.78, 5) is 4.35. The number of nitrogens with zero attached hydrogens (tertiary/aromatic N) is 3. The fraction of sp³-hybridized carbons (Fsp3) is 0.538. The predicted octanol–water partition coefficient (Wildman–Crippen LogP) is 1.81. The minimum absolute atomic E-state index is 0.307. The molecule has 6 heteroatoms. The van der Waals surface area contributed by atoms with Gasteiger partial charge in [0.2, 0.25) is 5.95 Å². The third-order valence-electron chi connectivity index (χ3n) is 3.76. The standard InChI is InChI=1S/C13H18FN5/c1-15-10-3-5-11(6-4-10)16-13-17-12-7-2-9(14)8-19(12)18-13/h2,7-8,10-11,15H,3-6H2,1H3,(H,16,18). The van der Waals surface area contributed by atoms with E-state index in [1.54, 1.807) is 6.07 Å². The maximum atomic E-state index is 13.1. The molecular formula is C13H18FN5. The highest BCUT2D eigenvalue weighted by Gasteiger charge is 2.20. The number of hydrogen-bond acceptors (Lipinski definition) is 4. The van der Waals surface area contributed by atoms with Crippen LogP contribution in [0.5, 0.6) is 0 Å². The largest absolute Gasteiger partial charge is 0.350 e. The van der Waals surface area contributed by atoms with Crippen molar-refractivity contribution in [2.75, 3.05) is 12.4 Å². The summed E-state index contributed by atoms with van der Waals surface area (Å²) in [6.07, 6.45) is 5.88. The van der Waals surface area contributed by atoms with E-state index in [9.17, 15) is 4.39 Å². The quantitative estimate of drug-likeness (QED) is 0.887. The zero-order valence-corrected chi connectivity index (χ0v) is 10.9. The highest BCUT2D eigenvalue weighted by molar-refractivity contribution is 5.43. The Kier molecular flexibility index (Phi) is 3.33. The molecule has 5 nitrogen and oxygen atoms in total. The molecule has 0 spiro atoms. The molecule has 3 rings (SSSR count). The fourth-order valence-electron chi connectivity index (χ4n) is 2.63. The van der Waals surface area contributed by atoms with Crippen LogP contribution in [0.15, 0.2) is 18.3 Å². The van der Waals surface area contributed by atoms with E-state index in [0.29, 0.717) is 23.7 Å². The lowest BCUT2D eigenvalue weighted by Gasteiger charge is -2.28. The lowest BCUT2D eigenvalue weighted by Crippen LogP contribution is -2.35. The molecular weight excluding hydrogens is 245 g/mol. The van der Waals surface area contributed by atoms with Crippen LogP contribution in [-0.2, 0) is 0 Å². The zero-order valence-electron chi connectivity index (χ0n) is 10.9. The number of aromatic nitrogens is 3. The average molecular weight is 263 g/mol. The number of anilines is 1. The summed E-state index contributed by atoms with van der Waals surface area (Å²) in [5.74, 6) is 0.275. The maximum absolute atomic E-state index is 13.1. The van der Waals surface area contributed by atoms with Crippen molar-refractivity contribution in [2.45, 2.75) is 37.8 Å². The molecule has 2 aromatic rings. The Hall–Kier alpha value is -1.69. The number of halogens is 1.